The average molecular weight is 251 g/mol. The Labute approximate surface area is 110 Å². The SMILES string of the molecule is Cc1ccc(CC(C)NC2CCCCC2C)s1. The second kappa shape index (κ2) is 6.01. The van der Waals surface area contributed by atoms with Crippen molar-refractivity contribution in [2.24, 2.45) is 5.92 Å². The van der Waals surface area contributed by atoms with E-state index in [4.69, 9.17) is 0 Å². The van der Waals surface area contributed by atoms with Gasteiger partial charge in [-0.15, -0.1) is 11.3 Å². The molecule has 17 heavy (non-hydrogen) atoms. The second-order valence-corrected chi connectivity index (χ2v) is 7.02. The molecule has 1 fully saturated rings. The number of hydrogen-bond donors (Lipinski definition) is 1. The molecule has 0 bridgehead atoms. The van der Waals surface area contributed by atoms with Crippen molar-refractivity contribution in [3.63, 3.8) is 0 Å². The summed E-state index contributed by atoms with van der Waals surface area (Å²) in [4.78, 5) is 2.95. The summed E-state index contributed by atoms with van der Waals surface area (Å²) in [6, 6.07) is 5.87. The molecule has 1 aliphatic rings. The van der Waals surface area contributed by atoms with Gasteiger partial charge in [0.15, 0.2) is 0 Å². The summed E-state index contributed by atoms with van der Waals surface area (Å²) in [6.45, 7) is 6.92. The Bertz CT molecular complexity index is 344. The number of aryl methyl sites for hydroxylation is 1. The molecule has 1 aromatic heterocycles. The van der Waals surface area contributed by atoms with Gasteiger partial charge in [0.1, 0.15) is 0 Å². The summed E-state index contributed by atoms with van der Waals surface area (Å²) < 4.78 is 0. The lowest BCUT2D eigenvalue weighted by atomic mass is 9.85. The maximum atomic E-state index is 3.83. The zero-order valence-electron chi connectivity index (χ0n) is 11.3. The average Bonchev–Trinajstić information content (AvgIpc) is 2.67. The van der Waals surface area contributed by atoms with Crippen molar-refractivity contribution in [1.29, 1.82) is 0 Å². The summed E-state index contributed by atoms with van der Waals surface area (Å²) in [6.07, 6.45) is 6.80. The van der Waals surface area contributed by atoms with E-state index in [0.717, 1.165) is 12.0 Å². The number of rotatable bonds is 4. The quantitative estimate of drug-likeness (QED) is 0.847. The highest BCUT2D eigenvalue weighted by molar-refractivity contribution is 7.11. The monoisotopic (exact) mass is 251 g/mol. The highest BCUT2D eigenvalue weighted by Gasteiger charge is 2.22. The molecule has 1 saturated carbocycles. The van der Waals surface area contributed by atoms with E-state index >= 15 is 0 Å². The van der Waals surface area contributed by atoms with Crippen LogP contribution in [0.1, 0.15) is 49.3 Å². The van der Waals surface area contributed by atoms with E-state index in [-0.39, 0.29) is 0 Å². The number of nitrogens with one attached hydrogen (secondary N) is 1. The van der Waals surface area contributed by atoms with Crippen molar-refractivity contribution in [2.45, 2.75) is 65.0 Å². The van der Waals surface area contributed by atoms with Crippen LogP contribution in [0.3, 0.4) is 0 Å². The molecule has 1 aliphatic carbocycles. The minimum Gasteiger partial charge on any atom is -0.311 e. The van der Waals surface area contributed by atoms with Gasteiger partial charge >= 0.3 is 0 Å². The molecule has 1 aromatic rings. The first-order valence-corrected chi connectivity index (χ1v) is 7.78. The van der Waals surface area contributed by atoms with Crippen LogP contribution < -0.4 is 5.32 Å². The smallest absolute Gasteiger partial charge is 0.00953 e. The zero-order valence-corrected chi connectivity index (χ0v) is 12.1. The minimum absolute atomic E-state index is 0.610. The number of thiophene rings is 1. The Morgan fingerprint density at radius 3 is 2.76 bits per heavy atom. The van der Waals surface area contributed by atoms with E-state index in [1.165, 1.54) is 41.9 Å². The van der Waals surface area contributed by atoms with Crippen LogP contribution in [0.25, 0.3) is 0 Å². The predicted molar refractivity (Wildman–Crippen MR) is 76.8 cm³/mol. The Morgan fingerprint density at radius 2 is 2.12 bits per heavy atom. The Kier molecular flexibility index (Phi) is 4.63. The van der Waals surface area contributed by atoms with Gasteiger partial charge in [-0.05, 0) is 51.2 Å². The third-order valence-corrected chi connectivity index (χ3v) is 4.94. The molecule has 0 radical (unpaired) electrons. The van der Waals surface area contributed by atoms with Crippen molar-refractivity contribution in [3.8, 4) is 0 Å². The van der Waals surface area contributed by atoms with E-state index in [1.54, 1.807) is 0 Å². The van der Waals surface area contributed by atoms with Gasteiger partial charge in [0.05, 0.1) is 0 Å². The lowest BCUT2D eigenvalue weighted by Crippen LogP contribution is -2.43. The molecule has 96 valence electrons. The summed E-state index contributed by atoms with van der Waals surface area (Å²) in [5.41, 5.74) is 0. The van der Waals surface area contributed by atoms with E-state index in [1.807, 2.05) is 11.3 Å². The molecule has 0 saturated heterocycles. The molecule has 2 rings (SSSR count). The van der Waals surface area contributed by atoms with Crippen LogP contribution in [0, 0.1) is 12.8 Å². The highest BCUT2D eigenvalue weighted by atomic mass is 32.1. The van der Waals surface area contributed by atoms with Gasteiger partial charge < -0.3 is 5.32 Å². The van der Waals surface area contributed by atoms with E-state index in [0.29, 0.717) is 6.04 Å². The van der Waals surface area contributed by atoms with Crippen LogP contribution >= 0.6 is 11.3 Å². The molecule has 0 spiro atoms. The standard InChI is InChI=1S/C15H25NS/c1-11-6-4-5-7-15(11)16-12(2)10-14-9-8-13(3)17-14/h8-9,11-12,15-16H,4-7,10H2,1-3H3. The summed E-state index contributed by atoms with van der Waals surface area (Å²) in [7, 11) is 0. The zero-order chi connectivity index (χ0) is 12.3. The maximum Gasteiger partial charge on any atom is 0.00953 e. The summed E-state index contributed by atoms with van der Waals surface area (Å²) >= 11 is 1.94. The Balaban J connectivity index is 1.82. The highest BCUT2D eigenvalue weighted by Crippen LogP contribution is 2.24. The first-order chi connectivity index (χ1) is 8.15. The molecule has 1 heterocycles. The molecular weight excluding hydrogens is 226 g/mol. The van der Waals surface area contributed by atoms with Crippen molar-refractivity contribution >= 4 is 11.3 Å². The molecule has 0 amide bonds. The minimum atomic E-state index is 0.610. The predicted octanol–water partition coefficient (Wildman–Crippen LogP) is 4.16. The van der Waals surface area contributed by atoms with Gasteiger partial charge in [-0.1, -0.05) is 19.8 Å². The van der Waals surface area contributed by atoms with Gasteiger partial charge in [-0.25, -0.2) is 0 Å². The largest absolute Gasteiger partial charge is 0.311 e. The van der Waals surface area contributed by atoms with E-state index in [2.05, 4.69) is 38.2 Å². The molecule has 1 nitrogen and oxygen atoms in total. The van der Waals surface area contributed by atoms with Crippen LogP contribution in [0.4, 0.5) is 0 Å². The molecule has 0 aromatic carbocycles. The summed E-state index contributed by atoms with van der Waals surface area (Å²) in [5.74, 6) is 0.858. The molecule has 3 atom stereocenters. The first kappa shape index (κ1) is 13.1. The van der Waals surface area contributed by atoms with Crippen LogP contribution in [0.2, 0.25) is 0 Å². The first-order valence-electron chi connectivity index (χ1n) is 6.96. The normalized spacial score (nSPS) is 27.0. The van der Waals surface area contributed by atoms with Crippen molar-refractivity contribution in [3.05, 3.63) is 21.9 Å². The van der Waals surface area contributed by atoms with Gasteiger partial charge in [0.25, 0.3) is 0 Å². The van der Waals surface area contributed by atoms with E-state index < -0.39 is 0 Å². The fourth-order valence-corrected chi connectivity index (χ4v) is 3.90. The molecule has 1 N–H and O–H groups in total. The fraction of sp³-hybridized carbons (Fsp3) is 0.733. The van der Waals surface area contributed by atoms with Crippen LogP contribution in [0.15, 0.2) is 12.1 Å². The van der Waals surface area contributed by atoms with Gasteiger partial charge in [-0.3, -0.25) is 0 Å². The Hall–Kier alpha value is -0.340. The van der Waals surface area contributed by atoms with Gasteiger partial charge in [-0.2, -0.15) is 0 Å². The topological polar surface area (TPSA) is 12.0 Å². The fourth-order valence-electron chi connectivity index (χ4n) is 2.88. The molecular formula is C15H25NS. The molecule has 2 heteroatoms. The van der Waals surface area contributed by atoms with Crippen LogP contribution in [-0.2, 0) is 6.42 Å². The number of hydrogen-bond acceptors (Lipinski definition) is 2. The molecule has 0 aliphatic heterocycles. The third-order valence-electron chi connectivity index (χ3n) is 3.91. The van der Waals surface area contributed by atoms with Gasteiger partial charge in [0, 0.05) is 21.8 Å². The molecule has 3 unspecified atom stereocenters. The summed E-state index contributed by atoms with van der Waals surface area (Å²) in [5, 5.41) is 3.83. The van der Waals surface area contributed by atoms with E-state index in [9.17, 15) is 0 Å². The lowest BCUT2D eigenvalue weighted by molar-refractivity contribution is 0.262. The van der Waals surface area contributed by atoms with Crippen molar-refractivity contribution in [2.75, 3.05) is 0 Å². The van der Waals surface area contributed by atoms with Crippen LogP contribution in [0.5, 0.6) is 0 Å². The van der Waals surface area contributed by atoms with Gasteiger partial charge in [0.2, 0.25) is 0 Å². The van der Waals surface area contributed by atoms with Crippen LogP contribution in [-0.4, -0.2) is 12.1 Å². The maximum absolute atomic E-state index is 3.83. The third kappa shape index (κ3) is 3.82. The Morgan fingerprint density at radius 1 is 1.35 bits per heavy atom. The second-order valence-electron chi connectivity index (χ2n) is 5.65. The lowest BCUT2D eigenvalue weighted by Gasteiger charge is -2.32. The van der Waals surface area contributed by atoms with Crippen molar-refractivity contribution < 1.29 is 0 Å². The van der Waals surface area contributed by atoms with Crippen molar-refractivity contribution in [1.82, 2.24) is 5.32 Å².